The first kappa shape index (κ1) is 20.3. The second-order valence-corrected chi connectivity index (χ2v) is 9.49. The van der Waals surface area contributed by atoms with Crippen LogP contribution in [-0.2, 0) is 21.4 Å². The molecular weight excluding hydrogens is 406 g/mol. The highest BCUT2D eigenvalue weighted by Crippen LogP contribution is 2.54. The molecular formula is C20H23N5O4S. The largest absolute Gasteiger partial charge is 0.368 e. The van der Waals surface area contributed by atoms with Crippen LogP contribution in [0.25, 0.3) is 0 Å². The smallest absolute Gasteiger partial charge is 0.295 e. The van der Waals surface area contributed by atoms with Gasteiger partial charge in [-0.2, -0.15) is 5.10 Å². The number of anilines is 1. The first-order valence-electron chi connectivity index (χ1n) is 9.85. The molecule has 0 unspecified atom stereocenters. The van der Waals surface area contributed by atoms with Crippen molar-refractivity contribution < 1.29 is 18.0 Å². The van der Waals surface area contributed by atoms with Crippen molar-refractivity contribution in [2.75, 3.05) is 4.72 Å². The Morgan fingerprint density at radius 2 is 1.90 bits per heavy atom. The van der Waals surface area contributed by atoms with Gasteiger partial charge < -0.3 is 5.73 Å². The Morgan fingerprint density at radius 3 is 2.57 bits per heavy atom. The van der Waals surface area contributed by atoms with Gasteiger partial charge in [0.2, 0.25) is 5.91 Å². The number of aromatic nitrogens is 2. The average Bonchev–Trinajstić information content (AvgIpc) is 3.37. The first-order valence-corrected chi connectivity index (χ1v) is 11.3. The molecule has 1 aromatic carbocycles. The lowest BCUT2D eigenvalue weighted by atomic mass is 9.84. The monoisotopic (exact) mass is 429 g/mol. The van der Waals surface area contributed by atoms with Crippen LogP contribution in [0.4, 0.5) is 5.82 Å². The van der Waals surface area contributed by atoms with Crippen molar-refractivity contribution in [3.63, 3.8) is 0 Å². The SMILES string of the molecule is NC(=O)Cn1nc(NS(=O)(=O)c2ccccc2)cc1C(=O)N=C1CCCCC12CC2. The van der Waals surface area contributed by atoms with Crippen LogP contribution in [0.15, 0.2) is 46.3 Å². The van der Waals surface area contributed by atoms with Gasteiger partial charge in [-0.05, 0) is 44.2 Å². The van der Waals surface area contributed by atoms with E-state index in [-0.39, 0.29) is 28.4 Å². The zero-order chi connectivity index (χ0) is 21.4. The Morgan fingerprint density at radius 1 is 1.17 bits per heavy atom. The van der Waals surface area contributed by atoms with Gasteiger partial charge in [0.1, 0.15) is 12.2 Å². The normalized spacial score (nSPS) is 19.0. The summed E-state index contributed by atoms with van der Waals surface area (Å²) in [4.78, 5) is 28.7. The van der Waals surface area contributed by atoms with Gasteiger partial charge in [0.25, 0.3) is 15.9 Å². The first-order chi connectivity index (χ1) is 14.3. The maximum atomic E-state index is 12.9. The van der Waals surface area contributed by atoms with Crippen LogP contribution >= 0.6 is 0 Å². The summed E-state index contributed by atoms with van der Waals surface area (Å²) in [7, 11) is -3.90. The van der Waals surface area contributed by atoms with Crippen LogP contribution in [-0.4, -0.2) is 35.7 Å². The molecule has 2 fully saturated rings. The molecule has 2 aliphatic carbocycles. The molecule has 0 radical (unpaired) electrons. The number of nitrogens with zero attached hydrogens (tertiary/aromatic N) is 3. The van der Waals surface area contributed by atoms with E-state index in [1.54, 1.807) is 18.2 Å². The summed E-state index contributed by atoms with van der Waals surface area (Å²) in [6.07, 6.45) is 6.04. The number of carbonyl (C=O) groups excluding carboxylic acids is 2. The number of sulfonamides is 1. The third kappa shape index (κ3) is 4.13. The highest BCUT2D eigenvalue weighted by molar-refractivity contribution is 7.92. The number of hydrogen-bond acceptors (Lipinski definition) is 5. The van der Waals surface area contributed by atoms with E-state index in [0.29, 0.717) is 0 Å². The predicted molar refractivity (Wildman–Crippen MR) is 111 cm³/mol. The molecule has 1 heterocycles. The summed E-state index contributed by atoms with van der Waals surface area (Å²) in [5.41, 5.74) is 6.25. The number of nitrogens with one attached hydrogen (secondary N) is 1. The number of benzene rings is 1. The lowest BCUT2D eigenvalue weighted by molar-refractivity contribution is -0.118. The van der Waals surface area contributed by atoms with Gasteiger partial charge in [-0.3, -0.25) is 14.3 Å². The molecule has 1 aromatic heterocycles. The number of carbonyl (C=O) groups is 2. The molecule has 10 heteroatoms. The van der Waals surface area contributed by atoms with Crippen molar-refractivity contribution in [2.45, 2.75) is 50.0 Å². The molecule has 2 amide bonds. The minimum atomic E-state index is -3.90. The Balaban J connectivity index is 1.63. The van der Waals surface area contributed by atoms with Crippen LogP contribution in [0.1, 0.15) is 49.0 Å². The van der Waals surface area contributed by atoms with Crippen molar-refractivity contribution in [3.05, 3.63) is 42.1 Å². The van der Waals surface area contributed by atoms with Gasteiger partial charge in [-0.15, -0.1) is 0 Å². The molecule has 0 aliphatic heterocycles. The maximum absolute atomic E-state index is 12.9. The van der Waals surface area contributed by atoms with Crippen LogP contribution in [0.2, 0.25) is 0 Å². The Kier molecular flexibility index (Phi) is 5.19. The molecule has 1 spiro atoms. The molecule has 30 heavy (non-hydrogen) atoms. The fourth-order valence-corrected chi connectivity index (χ4v) is 4.92. The van der Waals surface area contributed by atoms with E-state index in [1.807, 2.05) is 0 Å². The van der Waals surface area contributed by atoms with E-state index in [4.69, 9.17) is 5.73 Å². The summed E-state index contributed by atoms with van der Waals surface area (Å²) >= 11 is 0. The average molecular weight is 430 g/mol. The lowest BCUT2D eigenvalue weighted by Gasteiger charge is -2.23. The van der Waals surface area contributed by atoms with Crippen molar-refractivity contribution in [3.8, 4) is 0 Å². The molecule has 0 bridgehead atoms. The summed E-state index contributed by atoms with van der Waals surface area (Å²) in [6, 6.07) is 9.08. The molecule has 4 rings (SSSR count). The van der Waals surface area contributed by atoms with Crippen LogP contribution in [0.5, 0.6) is 0 Å². The number of primary amides is 1. The molecule has 3 N–H and O–H groups in total. The van der Waals surface area contributed by atoms with Crippen LogP contribution in [0, 0.1) is 5.41 Å². The van der Waals surface area contributed by atoms with E-state index in [1.165, 1.54) is 18.2 Å². The zero-order valence-corrected chi connectivity index (χ0v) is 17.2. The van der Waals surface area contributed by atoms with Gasteiger partial charge in [0.15, 0.2) is 5.82 Å². The number of rotatable bonds is 6. The molecule has 2 aliphatic rings. The number of aliphatic imine (C=N–C) groups is 1. The zero-order valence-electron chi connectivity index (χ0n) is 16.4. The molecule has 2 saturated carbocycles. The molecule has 9 nitrogen and oxygen atoms in total. The number of nitrogens with two attached hydrogens (primary N) is 1. The maximum Gasteiger partial charge on any atom is 0.295 e. The van der Waals surface area contributed by atoms with E-state index < -0.39 is 21.8 Å². The highest BCUT2D eigenvalue weighted by Gasteiger charge is 2.48. The Bertz CT molecular complexity index is 1120. The van der Waals surface area contributed by atoms with Gasteiger partial charge in [-0.25, -0.2) is 18.1 Å². The van der Waals surface area contributed by atoms with E-state index in [2.05, 4.69) is 14.8 Å². The van der Waals surface area contributed by atoms with E-state index in [9.17, 15) is 18.0 Å². The molecule has 2 aromatic rings. The summed E-state index contributed by atoms with van der Waals surface area (Å²) < 4.78 is 28.6. The third-order valence-electron chi connectivity index (χ3n) is 5.62. The second kappa shape index (κ2) is 7.67. The van der Waals surface area contributed by atoms with Gasteiger partial charge in [-0.1, -0.05) is 24.6 Å². The fraction of sp³-hybridized carbons (Fsp3) is 0.400. The van der Waals surface area contributed by atoms with Crippen molar-refractivity contribution in [1.29, 1.82) is 0 Å². The summed E-state index contributed by atoms with van der Waals surface area (Å²) in [5, 5.41) is 4.06. The highest BCUT2D eigenvalue weighted by atomic mass is 32.2. The minimum absolute atomic E-state index is 0.0217. The van der Waals surface area contributed by atoms with Crippen LogP contribution < -0.4 is 10.5 Å². The van der Waals surface area contributed by atoms with Crippen molar-refractivity contribution in [2.24, 2.45) is 16.1 Å². The quantitative estimate of drug-likeness (QED) is 0.724. The van der Waals surface area contributed by atoms with Gasteiger partial charge in [0.05, 0.1) is 4.90 Å². The van der Waals surface area contributed by atoms with Gasteiger partial charge in [0, 0.05) is 17.2 Å². The second-order valence-electron chi connectivity index (χ2n) is 7.81. The third-order valence-corrected chi connectivity index (χ3v) is 6.99. The number of hydrogen-bond donors (Lipinski definition) is 2. The molecule has 0 saturated heterocycles. The molecule has 0 atom stereocenters. The number of amides is 2. The standard InChI is InChI=1S/C20H23N5O4S/c21-17(26)13-25-15(19(27)22-16-8-4-5-9-20(16)10-11-20)12-18(23-25)24-30(28,29)14-6-2-1-3-7-14/h1-3,6-7,12H,4-5,8-11,13H2,(H2,21,26)(H,23,24). The Hall–Kier alpha value is -3.01. The fourth-order valence-electron chi connectivity index (χ4n) is 3.91. The lowest BCUT2D eigenvalue weighted by Crippen LogP contribution is -2.24. The van der Waals surface area contributed by atoms with E-state index in [0.717, 1.165) is 48.9 Å². The van der Waals surface area contributed by atoms with E-state index >= 15 is 0 Å². The predicted octanol–water partition coefficient (Wildman–Crippen LogP) is 2.10. The minimum Gasteiger partial charge on any atom is -0.368 e. The van der Waals surface area contributed by atoms with Crippen LogP contribution in [0.3, 0.4) is 0 Å². The van der Waals surface area contributed by atoms with Gasteiger partial charge >= 0.3 is 0 Å². The topological polar surface area (TPSA) is 137 Å². The summed E-state index contributed by atoms with van der Waals surface area (Å²) in [6.45, 7) is -0.357. The Labute approximate surface area is 174 Å². The van der Waals surface area contributed by atoms with Crippen molar-refractivity contribution >= 4 is 33.4 Å². The van der Waals surface area contributed by atoms with Crippen molar-refractivity contribution in [1.82, 2.24) is 9.78 Å². The molecule has 158 valence electrons. The summed E-state index contributed by atoms with van der Waals surface area (Å²) in [5.74, 6) is -1.32.